The molecule has 0 spiro atoms. The van der Waals surface area contributed by atoms with E-state index in [1.807, 2.05) is 0 Å². The SMILES string of the molecule is CC[NH+](CC)CCN1C(=O)C(=O)C(=C([O-])c2ccc(F)cc2)C1c1ccc(Cl)cc1. The number of halogens is 2. The Morgan fingerprint density at radius 3 is 2.23 bits per heavy atom. The van der Waals surface area contributed by atoms with Crippen molar-refractivity contribution in [1.29, 1.82) is 0 Å². The van der Waals surface area contributed by atoms with E-state index in [4.69, 9.17) is 11.6 Å². The van der Waals surface area contributed by atoms with Crippen LogP contribution < -0.4 is 10.0 Å². The fraction of sp³-hybridized carbons (Fsp3) is 0.304. The average molecular weight is 431 g/mol. The summed E-state index contributed by atoms with van der Waals surface area (Å²) in [5.41, 5.74) is 0.699. The van der Waals surface area contributed by atoms with Crippen LogP contribution in [0.1, 0.15) is 31.0 Å². The Balaban J connectivity index is 2.08. The lowest BCUT2D eigenvalue weighted by Gasteiger charge is -2.28. The van der Waals surface area contributed by atoms with Gasteiger partial charge in [0.1, 0.15) is 5.82 Å². The molecule has 0 saturated carbocycles. The molecule has 1 heterocycles. The molecule has 7 heteroatoms. The molecule has 0 radical (unpaired) electrons. The van der Waals surface area contributed by atoms with Crippen molar-refractivity contribution in [3.05, 3.63) is 76.1 Å². The molecule has 1 saturated heterocycles. The summed E-state index contributed by atoms with van der Waals surface area (Å²) in [6, 6.07) is 10.9. The number of amides is 1. The van der Waals surface area contributed by atoms with E-state index < -0.39 is 29.3 Å². The Bertz CT molecular complexity index is 953. The second-order valence-corrected chi connectivity index (χ2v) is 7.67. The number of nitrogens with zero attached hydrogens (tertiary/aromatic N) is 1. The van der Waals surface area contributed by atoms with Gasteiger partial charge in [0.25, 0.3) is 5.91 Å². The molecule has 0 bridgehead atoms. The molecule has 158 valence electrons. The number of hydrogen-bond acceptors (Lipinski definition) is 3. The second kappa shape index (κ2) is 9.41. The van der Waals surface area contributed by atoms with Crippen LogP contribution >= 0.6 is 11.6 Å². The zero-order chi connectivity index (χ0) is 21.8. The largest absolute Gasteiger partial charge is 0.872 e. The van der Waals surface area contributed by atoms with Gasteiger partial charge in [-0.1, -0.05) is 41.6 Å². The summed E-state index contributed by atoms with van der Waals surface area (Å²) in [5.74, 6) is -2.54. The third kappa shape index (κ3) is 4.40. The van der Waals surface area contributed by atoms with Gasteiger partial charge in [0.05, 0.1) is 32.2 Å². The Morgan fingerprint density at radius 2 is 1.67 bits per heavy atom. The molecule has 1 unspecified atom stereocenters. The molecular weight excluding hydrogens is 407 g/mol. The molecule has 1 fully saturated rings. The number of quaternary nitrogens is 1. The predicted molar refractivity (Wildman–Crippen MR) is 111 cm³/mol. The molecule has 0 aromatic heterocycles. The van der Waals surface area contributed by atoms with Crippen LogP contribution in [0.5, 0.6) is 0 Å². The summed E-state index contributed by atoms with van der Waals surface area (Å²) in [6.45, 7) is 6.90. The zero-order valence-electron chi connectivity index (χ0n) is 17.0. The molecule has 0 aliphatic carbocycles. The first-order chi connectivity index (χ1) is 14.4. The van der Waals surface area contributed by atoms with Gasteiger partial charge < -0.3 is 14.9 Å². The van der Waals surface area contributed by atoms with Crippen LogP contribution in [-0.2, 0) is 9.59 Å². The number of benzene rings is 2. The first-order valence-corrected chi connectivity index (χ1v) is 10.4. The summed E-state index contributed by atoms with van der Waals surface area (Å²) in [7, 11) is 0. The minimum absolute atomic E-state index is 0.108. The molecule has 1 N–H and O–H groups in total. The minimum atomic E-state index is -0.807. The summed E-state index contributed by atoms with van der Waals surface area (Å²) >= 11 is 6.00. The fourth-order valence-corrected chi connectivity index (χ4v) is 3.86. The minimum Gasteiger partial charge on any atom is -0.872 e. The summed E-state index contributed by atoms with van der Waals surface area (Å²) in [5, 5.41) is 13.7. The predicted octanol–water partition coefficient (Wildman–Crippen LogP) is 1.63. The normalized spacial score (nSPS) is 18.4. The molecule has 3 rings (SSSR count). The molecule has 2 aromatic carbocycles. The van der Waals surface area contributed by atoms with Crippen molar-refractivity contribution >= 4 is 29.1 Å². The fourth-order valence-electron chi connectivity index (χ4n) is 3.73. The van der Waals surface area contributed by atoms with E-state index in [9.17, 15) is 19.1 Å². The third-order valence-electron chi connectivity index (χ3n) is 5.53. The highest BCUT2D eigenvalue weighted by Gasteiger charge is 2.44. The van der Waals surface area contributed by atoms with Crippen molar-refractivity contribution in [2.24, 2.45) is 0 Å². The van der Waals surface area contributed by atoms with Crippen molar-refractivity contribution in [1.82, 2.24) is 4.90 Å². The molecule has 1 atom stereocenters. The number of Topliss-reactive ketones (excluding diaryl/α,β-unsaturated/α-hetero) is 1. The van der Waals surface area contributed by atoms with Crippen molar-refractivity contribution in [2.75, 3.05) is 26.2 Å². The average Bonchev–Trinajstić information content (AvgIpc) is 3.00. The van der Waals surface area contributed by atoms with Crippen LogP contribution in [0.25, 0.3) is 5.76 Å². The molecule has 1 aliphatic heterocycles. The first-order valence-electron chi connectivity index (χ1n) is 9.98. The van der Waals surface area contributed by atoms with E-state index in [-0.39, 0.29) is 11.1 Å². The Hall–Kier alpha value is -2.70. The van der Waals surface area contributed by atoms with Crippen LogP contribution in [0.4, 0.5) is 4.39 Å². The van der Waals surface area contributed by atoms with Crippen molar-refractivity contribution in [3.8, 4) is 0 Å². The van der Waals surface area contributed by atoms with Gasteiger partial charge in [-0.15, -0.1) is 0 Å². The number of carbonyl (C=O) groups is 2. The van der Waals surface area contributed by atoms with Gasteiger partial charge in [-0.25, -0.2) is 4.39 Å². The van der Waals surface area contributed by atoms with Gasteiger partial charge in [-0.3, -0.25) is 9.59 Å². The second-order valence-electron chi connectivity index (χ2n) is 7.24. The maximum absolute atomic E-state index is 13.3. The van der Waals surface area contributed by atoms with Crippen LogP contribution in [-0.4, -0.2) is 42.8 Å². The number of likely N-dealkylation sites (N-methyl/N-ethyl adjacent to an activating group) is 1. The Labute approximate surface area is 180 Å². The van der Waals surface area contributed by atoms with Crippen LogP contribution in [0.2, 0.25) is 5.02 Å². The number of nitrogens with one attached hydrogen (secondary N) is 1. The van der Waals surface area contributed by atoms with Gasteiger partial charge in [0.15, 0.2) is 0 Å². The van der Waals surface area contributed by atoms with Crippen LogP contribution in [0.15, 0.2) is 54.1 Å². The lowest BCUT2D eigenvalue weighted by Crippen LogP contribution is -3.12. The van der Waals surface area contributed by atoms with E-state index in [1.54, 1.807) is 24.3 Å². The maximum Gasteiger partial charge on any atom is 0.295 e. The first kappa shape index (κ1) is 22.0. The summed E-state index contributed by atoms with van der Waals surface area (Å²) < 4.78 is 13.3. The topological polar surface area (TPSA) is 64.9 Å². The number of ketones is 1. The molecule has 2 aromatic rings. The number of carbonyl (C=O) groups excluding carboxylic acids is 2. The number of rotatable bonds is 7. The lowest BCUT2D eigenvalue weighted by atomic mass is 9.95. The molecule has 5 nitrogen and oxygen atoms in total. The summed E-state index contributed by atoms with van der Waals surface area (Å²) in [4.78, 5) is 28.5. The van der Waals surface area contributed by atoms with Gasteiger partial charge >= 0.3 is 0 Å². The van der Waals surface area contributed by atoms with Gasteiger partial charge in [-0.2, -0.15) is 0 Å². The maximum atomic E-state index is 13.3. The van der Waals surface area contributed by atoms with Gasteiger partial charge in [0.2, 0.25) is 5.78 Å². The zero-order valence-corrected chi connectivity index (χ0v) is 17.7. The molecular formula is C23H24ClFN2O3. The van der Waals surface area contributed by atoms with Crippen molar-refractivity contribution < 1.29 is 24.0 Å². The Morgan fingerprint density at radius 1 is 1.07 bits per heavy atom. The van der Waals surface area contributed by atoms with E-state index in [0.717, 1.165) is 25.2 Å². The standard InChI is InChI=1S/C23H24ClFN2O3/c1-3-26(4-2)13-14-27-20(15-5-9-17(24)10-6-15)19(22(29)23(27)30)21(28)16-7-11-18(25)12-8-16/h5-12,20,28H,3-4,13-14H2,1-2H3. The van der Waals surface area contributed by atoms with E-state index in [1.165, 1.54) is 21.9 Å². The highest BCUT2D eigenvalue weighted by molar-refractivity contribution is 6.46. The quantitative estimate of drug-likeness (QED) is 0.412. The smallest absolute Gasteiger partial charge is 0.295 e. The Kier molecular flexibility index (Phi) is 6.90. The van der Waals surface area contributed by atoms with E-state index >= 15 is 0 Å². The van der Waals surface area contributed by atoms with Crippen molar-refractivity contribution in [2.45, 2.75) is 19.9 Å². The summed E-state index contributed by atoms with van der Waals surface area (Å²) in [6.07, 6.45) is 0. The lowest BCUT2D eigenvalue weighted by molar-refractivity contribution is -0.895. The number of hydrogen-bond donors (Lipinski definition) is 1. The van der Waals surface area contributed by atoms with Gasteiger partial charge in [0, 0.05) is 10.6 Å². The van der Waals surface area contributed by atoms with Gasteiger partial charge in [-0.05, 0) is 49.2 Å². The highest BCUT2D eigenvalue weighted by Crippen LogP contribution is 2.38. The molecule has 1 amide bonds. The highest BCUT2D eigenvalue weighted by atomic mass is 35.5. The molecule has 30 heavy (non-hydrogen) atoms. The number of likely N-dealkylation sites (tertiary alicyclic amines) is 1. The van der Waals surface area contributed by atoms with Crippen LogP contribution in [0, 0.1) is 5.82 Å². The third-order valence-corrected chi connectivity index (χ3v) is 5.78. The van der Waals surface area contributed by atoms with E-state index in [2.05, 4.69) is 13.8 Å². The van der Waals surface area contributed by atoms with Crippen LogP contribution in [0.3, 0.4) is 0 Å². The molecule has 1 aliphatic rings. The van der Waals surface area contributed by atoms with Crippen molar-refractivity contribution in [3.63, 3.8) is 0 Å². The van der Waals surface area contributed by atoms with E-state index in [0.29, 0.717) is 23.7 Å². The monoisotopic (exact) mass is 430 g/mol.